The van der Waals surface area contributed by atoms with Gasteiger partial charge in [0.2, 0.25) is 6.79 Å². The van der Waals surface area contributed by atoms with Gasteiger partial charge in [0.1, 0.15) is 0 Å². The molecule has 2 heterocycles. The molecule has 5 rings (SSSR count). The van der Waals surface area contributed by atoms with Gasteiger partial charge in [-0.15, -0.1) is 0 Å². The molecule has 0 amide bonds. The van der Waals surface area contributed by atoms with Crippen molar-refractivity contribution in [3.8, 4) is 11.5 Å². The molecule has 0 saturated carbocycles. The molecule has 3 aliphatic rings. The quantitative estimate of drug-likeness (QED) is 0.502. The average molecular weight is 538 g/mol. The lowest BCUT2D eigenvalue weighted by molar-refractivity contribution is -0.139. The summed E-state index contributed by atoms with van der Waals surface area (Å²) in [4.78, 5) is 27.0. The third-order valence-electron chi connectivity index (χ3n) is 6.73. The van der Waals surface area contributed by atoms with Crippen LogP contribution in [0.5, 0.6) is 11.5 Å². The number of dihydropyridines is 1. The molecular formula is C28H28BrNO5. The molecule has 0 aromatic heterocycles. The summed E-state index contributed by atoms with van der Waals surface area (Å²) in [5.74, 6) is 0.280. The van der Waals surface area contributed by atoms with Crippen LogP contribution < -0.4 is 14.8 Å². The maximum atomic E-state index is 13.5. The van der Waals surface area contributed by atoms with Crippen molar-refractivity contribution in [2.45, 2.75) is 46.0 Å². The van der Waals surface area contributed by atoms with Crippen LogP contribution in [0.15, 0.2) is 69.5 Å². The third kappa shape index (κ3) is 4.61. The number of ketones is 1. The number of hydrogen-bond donors (Lipinski definition) is 1. The second kappa shape index (κ2) is 9.19. The number of allylic oxidation sites excluding steroid dienone is 3. The van der Waals surface area contributed by atoms with Gasteiger partial charge in [-0.05, 0) is 42.0 Å². The predicted molar refractivity (Wildman–Crippen MR) is 135 cm³/mol. The monoisotopic (exact) mass is 537 g/mol. The van der Waals surface area contributed by atoms with Crippen molar-refractivity contribution in [1.29, 1.82) is 0 Å². The Morgan fingerprint density at radius 2 is 1.86 bits per heavy atom. The van der Waals surface area contributed by atoms with Crippen molar-refractivity contribution in [2.24, 2.45) is 5.41 Å². The van der Waals surface area contributed by atoms with Crippen LogP contribution in [-0.2, 0) is 20.7 Å². The fraction of sp³-hybridized carbons (Fsp3) is 0.357. The van der Waals surface area contributed by atoms with Gasteiger partial charge < -0.3 is 19.5 Å². The fourth-order valence-electron chi connectivity index (χ4n) is 5.16. The molecule has 35 heavy (non-hydrogen) atoms. The lowest BCUT2D eigenvalue weighted by atomic mass is 9.68. The first-order valence-electron chi connectivity index (χ1n) is 11.8. The van der Waals surface area contributed by atoms with Crippen molar-refractivity contribution in [3.63, 3.8) is 0 Å². The first kappa shape index (κ1) is 23.7. The van der Waals surface area contributed by atoms with Crippen LogP contribution in [-0.4, -0.2) is 25.2 Å². The Hall–Kier alpha value is -3.06. The molecule has 1 aliphatic carbocycles. The number of halogens is 1. The third-order valence-corrected chi connectivity index (χ3v) is 7.42. The molecule has 0 bridgehead atoms. The van der Waals surface area contributed by atoms with E-state index in [1.54, 1.807) is 0 Å². The van der Waals surface area contributed by atoms with Gasteiger partial charge in [-0.2, -0.15) is 0 Å². The zero-order chi connectivity index (χ0) is 24.7. The lowest BCUT2D eigenvalue weighted by Crippen LogP contribution is -2.38. The van der Waals surface area contributed by atoms with Gasteiger partial charge in [0.05, 0.1) is 12.2 Å². The number of carbonyl (C=O) groups excluding carboxylic acids is 2. The van der Waals surface area contributed by atoms with Crippen molar-refractivity contribution >= 4 is 27.7 Å². The minimum Gasteiger partial charge on any atom is -0.462 e. The maximum absolute atomic E-state index is 13.5. The molecule has 6 nitrogen and oxygen atoms in total. The van der Waals surface area contributed by atoms with E-state index in [4.69, 9.17) is 14.2 Å². The molecule has 7 heteroatoms. The van der Waals surface area contributed by atoms with Gasteiger partial charge in [0.25, 0.3) is 0 Å². The van der Waals surface area contributed by atoms with E-state index in [0.29, 0.717) is 41.2 Å². The summed E-state index contributed by atoms with van der Waals surface area (Å²) in [6, 6.07) is 13.6. The minimum atomic E-state index is -0.567. The molecular weight excluding hydrogens is 510 g/mol. The van der Waals surface area contributed by atoms with Crippen LogP contribution in [0.25, 0.3) is 0 Å². The van der Waals surface area contributed by atoms with E-state index >= 15 is 0 Å². The standard InChI is InChI=1S/C28H28BrNO5/c1-16-24(27(32)33-10-9-17-7-5-4-6-8-17)25(18-11-22-23(12-19(18)29)35-15-34-22)26-20(30-16)13-28(2,3)14-21(26)31/h4-8,11-12,25,30H,9-10,13-15H2,1-3H3. The van der Waals surface area contributed by atoms with Crippen LogP contribution in [0.1, 0.15) is 50.7 Å². The zero-order valence-corrected chi connectivity index (χ0v) is 21.7. The Morgan fingerprint density at radius 1 is 1.14 bits per heavy atom. The van der Waals surface area contributed by atoms with Crippen molar-refractivity contribution in [2.75, 3.05) is 13.4 Å². The maximum Gasteiger partial charge on any atom is 0.336 e. The highest BCUT2D eigenvalue weighted by atomic mass is 79.9. The summed E-state index contributed by atoms with van der Waals surface area (Å²) in [5.41, 5.74) is 4.37. The molecule has 2 aliphatic heterocycles. The number of hydrogen-bond acceptors (Lipinski definition) is 6. The molecule has 1 unspecified atom stereocenters. The van der Waals surface area contributed by atoms with Gasteiger partial charge >= 0.3 is 5.97 Å². The molecule has 182 valence electrons. The summed E-state index contributed by atoms with van der Waals surface area (Å²) in [5, 5.41) is 3.38. The smallest absolute Gasteiger partial charge is 0.336 e. The molecule has 1 atom stereocenters. The summed E-state index contributed by atoms with van der Waals surface area (Å²) in [6.07, 6.45) is 1.76. The number of Topliss-reactive ketones (excluding diaryl/α,β-unsaturated/α-hetero) is 1. The number of rotatable bonds is 5. The van der Waals surface area contributed by atoms with Crippen molar-refractivity contribution < 1.29 is 23.8 Å². The Labute approximate surface area is 213 Å². The van der Waals surface area contributed by atoms with Crippen molar-refractivity contribution in [1.82, 2.24) is 5.32 Å². The van der Waals surface area contributed by atoms with E-state index in [0.717, 1.165) is 27.7 Å². The first-order chi connectivity index (χ1) is 16.7. The number of esters is 1. The van der Waals surface area contributed by atoms with Gasteiger partial charge in [0, 0.05) is 40.2 Å². The molecule has 0 spiro atoms. The SMILES string of the molecule is CC1=C(C(=O)OCCc2ccccc2)C(c2cc3c(cc2Br)OCO3)C2=C(CC(C)(C)CC2=O)N1. The van der Waals surface area contributed by atoms with Gasteiger partial charge in [-0.25, -0.2) is 4.79 Å². The van der Waals surface area contributed by atoms with Gasteiger partial charge in [-0.3, -0.25) is 4.79 Å². The highest BCUT2D eigenvalue weighted by Gasteiger charge is 2.44. The van der Waals surface area contributed by atoms with E-state index in [1.807, 2.05) is 49.4 Å². The summed E-state index contributed by atoms with van der Waals surface area (Å²) in [7, 11) is 0. The zero-order valence-electron chi connectivity index (χ0n) is 20.1. The fourth-order valence-corrected chi connectivity index (χ4v) is 5.71. The molecule has 2 aromatic carbocycles. The predicted octanol–water partition coefficient (Wildman–Crippen LogP) is 5.57. The minimum absolute atomic E-state index is 0.0420. The molecule has 2 aromatic rings. The molecule has 0 radical (unpaired) electrons. The molecule has 0 fully saturated rings. The number of benzene rings is 2. The molecule has 1 N–H and O–H groups in total. The summed E-state index contributed by atoms with van der Waals surface area (Å²) >= 11 is 3.66. The van der Waals surface area contributed by atoms with E-state index in [9.17, 15) is 9.59 Å². The van der Waals surface area contributed by atoms with Crippen LogP contribution in [0.4, 0.5) is 0 Å². The number of nitrogens with one attached hydrogen (secondary N) is 1. The van der Waals surface area contributed by atoms with Crippen LogP contribution in [0.3, 0.4) is 0 Å². The topological polar surface area (TPSA) is 73.9 Å². The number of carbonyl (C=O) groups is 2. The van der Waals surface area contributed by atoms with E-state index in [-0.39, 0.29) is 24.6 Å². The van der Waals surface area contributed by atoms with E-state index in [1.165, 1.54) is 0 Å². The average Bonchev–Trinajstić information content (AvgIpc) is 3.24. The lowest BCUT2D eigenvalue weighted by Gasteiger charge is -2.39. The van der Waals surface area contributed by atoms with Gasteiger partial charge in [0.15, 0.2) is 17.3 Å². The normalized spacial score (nSPS) is 20.5. The van der Waals surface area contributed by atoms with Crippen LogP contribution >= 0.6 is 15.9 Å². The first-order valence-corrected chi connectivity index (χ1v) is 12.6. The van der Waals surface area contributed by atoms with Crippen LogP contribution in [0, 0.1) is 5.41 Å². The summed E-state index contributed by atoms with van der Waals surface area (Å²) in [6.45, 7) is 6.45. The Bertz CT molecular complexity index is 1260. The second-order valence-electron chi connectivity index (χ2n) is 10.0. The van der Waals surface area contributed by atoms with Crippen molar-refractivity contribution in [3.05, 3.63) is 80.6 Å². The second-order valence-corrected chi connectivity index (χ2v) is 10.9. The number of ether oxygens (including phenoxy) is 3. The van der Waals surface area contributed by atoms with Crippen LogP contribution in [0.2, 0.25) is 0 Å². The molecule has 0 saturated heterocycles. The van der Waals surface area contributed by atoms with Gasteiger partial charge in [-0.1, -0.05) is 60.1 Å². The summed E-state index contributed by atoms with van der Waals surface area (Å²) < 4.78 is 17.7. The van der Waals surface area contributed by atoms with E-state index < -0.39 is 11.9 Å². The van der Waals surface area contributed by atoms with E-state index in [2.05, 4.69) is 35.1 Å². The Morgan fingerprint density at radius 3 is 2.60 bits per heavy atom. The Kier molecular flexibility index (Phi) is 6.21. The number of fused-ring (bicyclic) bond motifs is 1. The highest BCUT2D eigenvalue weighted by Crippen LogP contribution is 2.50. The highest BCUT2D eigenvalue weighted by molar-refractivity contribution is 9.10. The largest absolute Gasteiger partial charge is 0.462 e. The Balaban J connectivity index is 1.53.